The molecule has 2 rings (SSSR count). The molecule has 0 saturated heterocycles. The summed E-state index contributed by atoms with van der Waals surface area (Å²) in [5, 5.41) is 6.33. The van der Waals surface area contributed by atoms with Crippen molar-refractivity contribution < 1.29 is 9.18 Å². The zero-order valence-electron chi connectivity index (χ0n) is 12.3. The minimum atomic E-state index is -0.219. The average Bonchev–Trinajstić information content (AvgIpc) is 2.89. The Morgan fingerprint density at radius 3 is 2.86 bits per heavy atom. The molecule has 0 aliphatic heterocycles. The second kappa shape index (κ2) is 9.50. The summed E-state index contributed by atoms with van der Waals surface area (Å²) in [5.74, 6) is -0.263. The molecule has 2 N–H and O–H groups in total. The zero-order valence-corrected chi connectivity index (χ0v) is 13.9. The topological polar surface area (TPSA) is 54.0 Å². The van der Waals surface area contributed by atoms with Gasteiger partial charge in [-0.1, -0.05) is 18.2 Å². The molecule has 22 heavy (non-hydrogen) atoms. The lowest BCUT2D eigenvalue weighted by molar-refractivity contribution is -0.116. The minimum Gasteiger partial charge on any atom is -0.320 e. The summed E-state index contributed by atoms with van der Waals surface area (Å²) in [6.45, 7) is 0.809. The molecule has 1 heterocycles. The smallest absolute Gasteiger partial charge is 0.226 e. The molecule has 0 radical (unpaired) electrons. The molecule has 0 aliphatic carbocycles. The van der Waals surface area contributed by atoms with Crippen LogP contribution in [-0.4, -0.2) is 24.5 Å². The van der Waals surface area contributed by atoms with E-state index < -0.39 is 0 Å². The minimum absolute atomic E-state index is 0. The summed E-state index contributed by atoms with van der Waals surface area (Å²) in [5.41, 5.74) is 0.632. The number of nitrogens with zero attached hydrogens (tertiary/aromatic N) is 1. The number of hydrogen-bond donors (Lipinski definition) is 2. The molecule has 0 bridgehead atoms. The molecule has 4 nitrogen and oxygen atoms in total. The molecule has 120 valence electrons. The molecule has 1 amide bonds. The summed E-state index contributed by atoms with van der Waals surface area (Å²) in [7, 11) is 1.85. The van der Waals surface area contributed by atoms with Crippen LogP contribution in [0.3, 0.4) is 0 Å². The van der Waals surface area contributed by atoms with Crippen molar-refractivity contribution >= 4 is 34.8 Å². The largest absolute Gasteiger partial charge is 0.320 e. The third-order valence-corrected chi connectivity index (χ3v) is 3.87. The Morgan fingerprint density at radius 2 is 2.14 bits per heavy atom. The number of hydrogen-bond acceptors (Lipinski definition) is 4. The van der Waals surface area contributed by atoms with E-state index in [1.807, 2.05) is 13.1 Å². The SMILES string of the molecule is CNCCCC(=O)Nc1ncc(Cc2ccccc2F)s1.Cl. The number of benzene rings is 1. The van der Waals surface area contributed by atoms with Gasteiger partial charge in [0.2, 0.25) is 5.91 Å². The first-order valence-electron chi connectivity index (χ1n) is 6.81. The van der Waals surface area contributed by atoms with Crippen LogP contribution in [0.5, 0.6) is 0 Å². The number of amides is 1. The molecule has 2 aromatic rings. The lowest BCUT2D eigenvalue weighted by atomic mass is 10.1. The second-order valence-corrected chi connectivity index (χ2v) is 5.77. The van der Waals surface area contributed by atoms with Gasteiger partial charge in [0.25, 0.3) is 0 Å². The quantitative estimate of drug-likeness (QED) is 0.759. The predicted molar refractivity (Wildman–Crippen MR) is 90.4 cm³/mol. The first-order valence-corrected chi connectivity index (χ1v) is 7.63. The molecule has 0 aliphatic rings. The standard InChI is InChI=1S/C15H18FN3OS.ClH/c1-17-8-4-7-14(20)19-15-18-10-12(21-15)9-11-5-2-3-6-13(11)16;/h2-3,5-6,10,17H,4,7-9H2,1H3,(H,18,19,20);1H. The van der Waals surface area contributed by atoms with Crippen LogP contribution < -0.4 is 10.6 Å². The Kier molecular flexibility index (Phi) is 8.01. The fourth-order valence-corrected chi connectivity index (χ4v) is 2.74. The summed E-state index contributed by atoms with van der Waals surface area (Å²) in [6.07, 6.45) is 3.42. The van der Waals surface area contributed by atoms with Crippen molar-refractivity contribution in [3.05, 3.63) is 46.7 Å². The van der Waals surface area contributed by atoms with Gasteiger partial charge in [-0.25, -0.2) is 9.37 Å². The van der Waals surface area contributed by atoms with Crippen molar-refractivity contribution in [2.75, 3.05) is 18.9 Å². The fourth-order valence-electron chi connectivity index (χ4n) is 1.88. The van der Waals surface area contributed by atoms with Gasteiger partial charge < -0.3 is 10.6 Å². The van der Waals surface area contributed by atoms with Crippen molar-refractivity contribution in [1.29, 1.82) is 0 Å². The van der Waals surface area contributed by atoms with Gasteiger partial charge in [0.05, 0.1) is 0 Å². The van der Waals surface area contributed by atoms with E-state index in [4.69, 9.17) is 0 Å². The highest BCUT2D eigenvalue weighted by molar-refractivity contribution is 7.15. The Balaban J connectivity index is 0.00000242. The number of anilines is 1. The molecule has 0 atom stereocenters. The van der Waals surface area contributed by atoms with E-state index in [-0.39, 0.29) is 24.1 Å². The first kappa shape index (κ1) is 18.5. The summed E-state index contributed by atoms with van der Waals surface area (Å²) in [4.78, 5) is 16.8. The normalized spacial score (nSPS) is 10.1. The average molecular weight is 344 g/mol. The van der Waals surface area contributed by atoms with E-state index in [9.17, 15) is 9.18 Å². The lowest BCUT2D eigenvalue weighted by Crippen LogP contribution is -2.14. The van der Waals surface area contributed by atoms with E-state index in [1.54, 1.807) is 18.3 Å². The van der Waals surface area contributed by atoms with Gasteiger partial charge in [-0.2, -0.15) is 0 Å². The Labute approximate surface area is 139 Å². The van der Waals surface area contributed by atoms with Crippen LogP contribution >= 0.6 is 23.7 Å². The van der Waals surface area contributed by atoms with Gasteiger partial charge >= 0.3 is 0 Å². The van der Waals surface area contributed by atoms with Crippen LogP contribution in [0, 0.1) is 5.82 Å². The maximum atomic E-state index is 13.6. The highest BCUT2D eigenvalue weighted by Gasteiger charge is 2.08. The number of aromatic nitrogens is 1. The van der Waals surface area contributed by atoms with Gasteiger partial charge in [0.15, 0.2) is 5.13 Å². The number of nitrogens with one attached hydrogen (secondary N) is 2. The molecular weight excluding hydrogens is 325 g/mol. The van der Waals surface area contributed by atoms with Crippen LogP contribution in [-0.2, 0) is 11.2 Å². The van der Waals surface area contributed by atoms with E-state index >= 15 is 0 Å². The van der Waals surface area contributed by atoms with E-state index in [0.717, 1.165) is 17.8 Å². The number of carbonyl (C=O) groups is 1. The molecule has 0 unspecified atom stereocenters. The molecule has 1 aromatic carbocycles. The predicted octanol–water partition coefficient (Wildman–Crippen LogP) is 3.23. The molecule has 0 spiro atoms. The first-order chi connectivity index (χ1) is 10.2. The van der Waals surface area contributed by atoms with Crippen molar-refractivity contribution in [3.63, 3.8) is 0 Å². The van der Waals surface area contributed by atoms with Crippen LogP contribution in [0.15, 0.2) is 30.5 Å². The molecule has 0 saturated carbocycles. The lowest BCUT2D eigenvalue weighted by Gasteiger charge is -2.01. The third kappa shape index (κ3) is 5.71. The van der Waals surface area contributed by atoms with Gasteiger partial charge in [0.1, 0.15) is 5.82 Å². The van der Waals surface area contributed by atoms with E-state index in [0.29, 0.717) is 23.5 Å². The van der Waals surface area contributed by atoms with Crippen molar-refractivity contribution in [3.8, 4) is 0 Å². The van der Waals surface area contributed by atoms with Crippen LogP contribution in [0.4, 0.5) is 9.52 Å². The third-order valence-electron chi connectivity index (χ3n) is 2.95. The Morgan fingerprint density at radius 1 is 1.36 bits per heavy atom. The van der Waals surface area contributed by atoms with Gasteiger partial charge in [-0.05, 0) is 31.6 Å². The Hall–Kier alpha value is -1.50. The monoisotopic (exact) mass is 343 g/mol. The Bertz CT molecular complexity index is 606. The fraction of sp³-hybridized carbons (Fsp3) is 0.333. The van der Waals surface area contributed by atoms with Crippen molar-refractivity contribution in [1.82, 2.24) is 10.3 Å². The second-order valence-electron chi connectivity index (χ2n) is 4.66. The maximum absolute atomic E-state index is 13.6. The van der Waals surface area contributed by atoms with Crippen LogP contribution in [0.1, 0.15) is 23.3 Å². The van der Waals surface area contributed by atoms with Crippen LogP contribution in [0.2, 0.25) is 0 Å². The molecule has 0 fully saturated rings. The van der Waals surface area contributed by atoms with Crippen LogP contribution in [0.25, 0.3) is 0 Å². The highest BCUT2D eigenvalue weighted by atomic mass is 35.5. The molecular formula is C15H19ClFN3OS. The highest BCUT2D eigenvalue weighted by Crippen LogP contribution is 2.22. The van der Waals surface area contributed by atoms with Gasteiger partial charge in [0, 0.05) is 23.9 Å². The number of rotatable bonds is 7. The van der Waals surface area contributed by atoms with E-state index in [2.05, 4.69) is 15.6 Å². The molecule has 7 heteroatoms. The van der Waals surface area contributed by atoms with Gasteiger partial charge in [-0.3, -0.25) is 4.79 Å². The number of carbonyl (C=O) groups excluding carboxylic acids is 1. The van der Waals surface area contributed by atoms with E-state index in [1.165, 1.54) is 17.4 Å². The number of thiazole rings is 1. The summed E-state index contributed by atoms with van der Waals surface area (Å²) >= 11 is 1.38. The maximum Gasteiger partial charge on any atom is 0.226 e. The number of halogens is 2. The zero-order chi connectivity index (χ0) is 15.1. The van der Waals surface area contributed by atoms with Crippen molar-refractivity contribution in [2.24, 2.45) is 0 Å². The van der Waals surface area contributed by atoms with Crippen molar-refractivity contribution in [2.45, 2.75) is 19.3 Å². The summed E-state index contributed by atoms with van der Waals surface area (Å²) in [6, 6.07) is 6.68. The summed E-state index contributed by atoms with van der Waals surface area (Å²) < 4.78 is 13.6. The van der Waals surface area contributed by atoms with Gasteiger partial charge in [-0.15, -0.1) is 23.7 Å². The molecule has 1 aromatic heterocycles.